The molecule has 5 saturated heterocycles. The lowest BCUT2D eigenvalue weighted by Crippen LogP contribution is -2.71. The first-order valence-corrected chi connectivity index (χ1v) is 23.8. The normalized spacial score (nSPS) is 46.0. The minimum Gasteiger partial charge on any atom is -0.394 e. The van der Waals surface area contributed by atoms with E-state index in [1.165, 1.54) is 13.8 Å². The molecule has 72 heavy (non-hydrogen) atoms. The number of amides is 1. The van der Waals surface area contributed by atoms with E-state index in [0.29, 0.717) is 0 Å². The Labute approximate surface area is 409 Å². The van der Waals surface area contributed by atoms with Crippen molar-refractivity contribution in [3.05, 3.63) is 0 Å². The van der Waals surface area contributed by atoms with Gasteiger partial charge in [0.25, 0.3) is 0 Å². The fraction of sp³-hybridized carbons (Fsp3) is 0.974. The van der Waals surface area contributed by atoms with Gasteiger partial charge in [0.05, 0.1) is 45.2 Å². The van der Waals surface area contributed by atoms with Crippen LogP contribution in [0, 0.1) is 0 Å². The maximum absolute atomic E-state index is 13.0. The summed E-state index contributed by atoms with van der Waals surface area (Å²) < 4.78 is 94.2. The number of aliphatic hydroxyl groups is 17. The molecule has 5 fully saturated rings. The number of nitrogens with one attached hydrogen (secondary N) is 1. The second-order valence-electron chi connectivity index (χ2n) is 17.8. The summed E-state index contributed by atoms with van der Waals surface area (Å²) in [6, 6.07) is -1.91. The Morgan fingerprint density at radius 2 is 0.931 bits per heavy atom. The summed E-state index contributed by atoms with van der Waals surface area (Å²) in [5.74, 6) is -0.939. The first-order valence-electron chi connectivity index (χ1n) is 22.4. The number of hydrogen-bond acceptors (Lipinski definition) is 31. The van der Waals surface area contributed by atoms with Crippen LogP contribution in [0.15, 0.2) is 0 Å². The Kier molecular flexibility index (Phi) is 22.1. The Balaban J connectivity index is 1.54. The van der Waals surface area contributed by atoms with Crippen molar-refractivity contribution in [3.8, 4) is 0 Å². The highest BCUT2D eigenvalue weighted by molar-refractivity contribution is 7.80. The molecule has 0 aliphatic carbocycles. The van der Waals surface area contributed by atoms with E-state index < -0.39 is 227 Å². The molecule has 34 heteroatoms. The smallest absolute Gasteiger partial charge is 0.394 e. The van der Waals surface area contributed by atoms with E-state index in [-0.39, 0.29) is 0 Å². The molecule has 0 spiro atoms. The summed E-state index contributed by atoms with van der Waals surface area (Å²) in [6.45, 7) is -2.52. The summed E-state index contributed by atoms with van der Waals surface area (Å²) in [7, 11) is -5.36. The number of ether oxygens (including phenoxy) is 10. The fourth-order valence-corrected chi connectivity index (χ4v) is 8.85. The first-order chi connectivity index (χ1) is 33.7. The van der Waals surface area contributed by atoms with E-state index in [0.717, 1.165) is 6.92 Å². The summed E-state index contributed by atoms with van der Waals surface area (Å²) >= 11 is 0. The van der Waals surface area contributed by atoms with Crippen molar-refractivity contribution in [1.29, 1.82) is 0 Å². The molecule has 0 bridgehead atoms. The second kappa shape index (κ2) is 26.1. The van der Waals surface area contributed by atoms with Crippen LogP contribution in [0.25, 0.3) is 0 Å². The van der Waals surface area contributed by atoms with Gasteiger partial charge in [-0.2, -0.15) is 8.42 Å². The molecule has 0 unspecified atom stereocenters. The van der Waals surface area contributed by atoms with Crippen LogP contribution in [0.4, 0.5) is 0 Å². The van der Waals surface area contributed by atoms with Crippen LogP contribution in [-0.2, 0) is 66.7 Å². The highest BCUT2D eigenvalue weighted by Gasteiger charge is 2.58. The van der Waals surface area contributed by atoms with Crippen LogP contribution in [0.2, 0.25) is 0 Å². The largest absolute Gasteiger partial charge is 0.397 e. The average molecular weight is 1080 g/mol. The zero-order valence-electron chi connectivity index (χ0n) is 38.5. The topological polar surface area (TPSA) is 529 Å². The van der Waals surface area contributed by atoms with Gasteiger partial charge < -0.3 is 139 Å². The summed E-state index contributed by atoms with van der Waals surface area (Å²) in [4.78, 5) is 13.0. The van der Waals surface area contributed by atoms with E-state index in [4.69, 9.17) is 47.4 Å². The van der Waals surface area contributed by atoms with Gasteiger partial charge in [-0.3, -0.25) is 9.35 Å². The minimum atomic E-state index is -5.36. The van der Waals surface area contributed by atoms with E-state index in [1.807, 2.05) is 0 Å². The number of rotatable bonds is 21. The third-order valence-electron chi connectivity index (χ3n) is 12.6. The molecular weight excluding hydrogens is 1010 g/mol. The SMILES string of the molecule is CC(=O)N[C@H]1[C@H](O[C@H]2[C@@H](O)[C@@H](CO)O[C@@H](O[C@@H]([C@H](O[C@@H]3O[C@@H](C)[C@@H](O)[C@@H](O)[C@@H]3O)[C@@H](O)CO)[C@H](O)COS(=O)(=O)O)[C@@H]2O)O[C@H](CO)[C@@H](O[C@@H]2O[C@@H](C)[C@@H](O)[C@@H](O)[C@@H]2O)[C@@H]1O[C@@H]1O[C@H](CO)[C@H](O)[C@H](O)[C@H]1O. The highest BCUT2D eigenvalue weighted by Crippen LogP contribution is 2.37. The average Bonchev–Trinajstić information content (AvgIpc) is 3.33. The van der Waals surface area contributed by atoms with Gasteiger partial charge in [0.1, 0.15) is 134 Å². The van der Waals surface area contributed by atoms with Crippen molar-refractivity contribution < 1.29 is 156 Å². The molecule has 0 aromatic rings. The molecule has 422 valence electrons. The molecule has 0 aromatic heterocycles. The van der Waals surface area contributed by atoms with Crippen LogP contribution in [-0.4, -0.2) is 317 Å². The Hall–Kier alpha value is -1.74. The maximum Gasteiger partial charge on any atom is 0.397 e. The second-order valence-corrected chi connectivity index (χ2v) is 18.8. The van der Waals surface area contributed by atoms with E-state index in [9.17, 15) is 105 Å². The van der Waals surface area contributed by atoms with Crippen molar-refractivity contribution in [1.82, 2.24) is 5.32 Å². The Bertz CT molecular complexity index is 1790. The number of hydrogen-bond donors (Lipinski definition) is 19. The first kappa shape index (κ1) is 61.1. The predicted molar refractivity (Wildman–Crippen MR) is 221 cm³/mol. The summed E-state index contributed by atoms with van der Waals surface area (Å²) in [5.41, 5.74) is 0. The molecule has 19 N–H and O–H groups in total. The number of carbonyl (C=O) groups is 1. The summed E-state index contributed by atoms with van der Waals surface area (Å²) in [5, 5.41) is 184. The Morgan fingerprint density at radius 3 is 1.44 bits per heavy atom. The van der Waals surface area contributed by atoms with Gasteiger partial charge in [0.2, 0.25) is 5.91 Å². The molecule has 5 aliphatic rings. The van der Waals surface area contributed by atoms with Crippen LogP contribution in [0.5, 0.6) is 0 Å². The zero-order valence-corrected chi connectivity index (χ0v) is 39.3. The van der Waals surface area contributed by atoms with E-state index in [1.54, 1.807) is 0 Å². The van der Waals surface area contributed by atoms with Gasteiger partial charge in [-0.25, -0.2) is 4.18 Å². The van der Waals surface area contributed by atoms with Crippen molar-refractivity contribution >= 4 is 16.3 Å². The van der Waals surface area contributed by atoms with Gasteiger partial charge in [0, 0.05) is 6.92 Å². The van der Waals surface area contributed by atoms with Crippen molar-refractivity contribution in [2.24, 2.45) is 0 Å². The van der Waals surface area contributed by atoms with Gasteiger partial charge in [-0.1, -0.05) is 0 Å². The zero-order chi connectivity index (χ0) is 53.8. The maximum atomic E-state index is 13.0. The molecule has 0 radical (unpaired) electrons. The van der Waals surface area contributed by atoms with Crippen molar-refractivity contribution in [3.63, 3.8) is 0 Å². The van der Waals surface area contributed by atoms with Crippen LogP contribution in [0.1, 0.15) is 20.8 Å². The fourth-order valence-electron chi connectivity index (χ4n) is 8.54. The van der Waals surface area contributed by atoms with Crippen LogP contribution < -0.4 is 5.32 Å². The molecule has 5 rings (SSSR count). The molecule has 29 atom stereocenters. The number of carbonyl (C=O) groups excluding carboxylic acids is 1. The van der Waals surface area contributed by atoms with Gasteiger partial charge in [0.15, 0.2) is 31.5 Å². The quantitative estimate of drug-likeness (QED) is 0.0475. The predicted octanol–water partition coefficient (Wildman–Crippen LogP) is -12.4. The molecule has 5 aliphatic heterocycles. The van der Waals surface area contributed by atoms with Crippen molar-refractivity contribution in [2.45, 2.75) is 199 Å². The third kappa shape index (κ3) is 14.0. The molecular formula is C38H67NO32S. The molecule has 33 nitrogen and oxygen atoms in total. The molecule has 1 amide bonds. The highest BCUT2D eigenvalue weighted by atomic mass is 32.3. The molecule has 0 aromatic carbocycles. The van der Waals surface area contributed by atoms with Crippen LogP contribution >= 0.6 is 0 Å². The van der Waals surface area contributed by atoms with E-state index >= 15 is 0 Å². The molecule has 5 heterocycles. The van der Waals surface area contributed by atoms with Gasteiger partial charge in [-0.05, 0) is 13.8 Å². The number of aliphatic hydroxyl groups excluding tert-OH is 17. The molecule has 0 saturated carbocycles. The van der Waals surface area contributed by atoms with Gasteiger partial charge >= 0.3 is 10.4 Å². The Morgan fingerprint density at radius 1 is 0.514 bits per heavy atom. The van der Waals surface area contributed by atoms with Gasteiger partial charge in [-0.15, -0.1) is 0 Å². The lowest BCUT2D eigenvalue weighted by molar-refractivity contribution is -0.389. The monoisotopic (exact) mass is 1080 g/mol. The lowest BCUT2D eigenvalue weighted by atomic mass is 9.93. The van der Waals surface area contributed by atoms with E-state index in [2.05, 4.69) is 9.50 Å². The van der Waals surface area contributed by atoms with Crippen molar-refractivity contribution in [2.75, 3.05) is 33.0 Å². The third-order valence-corrected chi connectivity index (χ3v) is 13.0. The van der Waals surface area contributed by atoms with Crippen LogP contribution in [0.3, 0.4) is 0 Å². The summed E-state index contributed by atoms with van der Waals surface area (Å²) in [6.07, 6.45) is -56.0. The minimum absolute atomic E-state index is 0.939. The standard InChI is InChI=1S/C38H67NO32S/c1-9-18(47)22(51)25(54)35(62-9)67-29(12(45)4-40)30(13(46)8-61-72(58,59)60)68-38-28(57)33(21(50)15(6-42)65-38)71-34-17(39-11(3)44)32(70-37-27(56)24(53)20(49)14(5-41)64-37)31(16(7-43)66-34)69-36-26(55)23(52)19(48)10(2)63-36/h9-10,12-38,40-43,45-57H,4-8H2,1-3H3,(H,39,44)(H,58,59,60)/t9-,10-,12-,13+,14+,15+,16+,17+,18+,19+,20-,21-,22+,23+,24-,25-,26-,27+,28+,29+,30+,31+,32+,33-,34-,35-,36-,37-,38-/m0/s1. The lowest BCUT2D eigenvalue weighted by Gasteiger charge is -2.51.